The van der Waals surface area contributed by atoms with Crippen LogP contribution in [0.3, 0.4) is 0 Å². The maximum absolute atomic E-state index is 13.5. The third-order valence-electron chi connectivity index (χ3n) is 6.07. The van der Waals surface area contributed by atoms with E-state index < -0.39 is 18.2 Å². The van der Waals surface area contributed by atoms with E-state index in [1.165, 1.54) is 18.5 Å². The van der Waals surface area contributed by atoms with Gasteiger partial charge in [0.05, 0.1) is 17.1 Å². The summed E-state index contributed by atoms with van der Waals surface area (Å²) in [4.78, 5) is 8.52. The molecule has 1 aliphatic rings. The van der Waals surface area contributed by atoms with E-state index in [4.69, 9.17) is 16.3 Å². The van der Waals surface area contributed by atoms with Crippen LogP contribution in [0.2, 0.25) is 5.02 Å². The molecule has 0 amide bonds. The minimum atomic E-state index is -4.79. The van der Waals surface area contributed by atoms with E-state index in [2.05, 4.69) is 15.3 Å². The number of anilines is 2. The van der Waals surface area contributed by atoms with Gasteiger partial charge in [0.15, 0.2) is 11.4 Å². The highest BCUT2D eigenvalue weighted by Gasteiger charge is 2.57. The van der Waals surface area contributed by atoms with Gasteiger partial charge in [-0.05, 0) is 60.4 Å². The van der Waals surface area contributed by atoms with E-state index in [0.717, 1.165) is 0 Å². The molecule has 2 aromatic heterocycles. The number of fused-ring (bicyclic) bond motifs is 2. The maximum Gasteiger partial charge on any atom is 0.421 e. The second-order valence-corrected chi connectivity index (χ2v) is 8.65. The molecule has 0 spiro atoms. The summed E-state index contributed by atoms with van der Waals surface area (Å²) in [5.41, 5.74) is -0.638. The maximum atomic E-state index is 13.5. The lowest BCUT2D eigenvalue weighted by atomic mass is 9.95. The summed E-state index contributed by atoms with van der Waals surface area (Å²) in [6.07, 6.45) is -1.85. The Balaban J connectivity index is 1.39. The van der Waals surface area contributed by atoms with E-state index in [1.54, 1.807) is 30.5 Å². The van der Waals surface area contributed by atoms with Crippen LogP contribution in [0.1, 0.15) is 17.5 Å². The van der Waals surface area contributed by atoms with Gasteiger partial charge in [-0.15, -0.1) is 0 Å². The van der Waals surface area contributed by atoms with Crippen LogP contribution in [-0.4, -0.2) is 37.5 Å². The van der Waals surface area contributed by atoms with Gasteiger partial charge in [0, 0.05) is 18.4 Å². The SMILES string of the molecule is OCCn1ccc2ncnc(Nc3ccc(Oc4ccc5c(c4)C(O)(C(F)(F)F)CC5)c(Cl)c3)c21. The molecule has 0 saturated carbocycles. The normalized spacial score (nSPS) is 17.5. The molecule has 2 heterocycles. The molecule has 2 aromatic carbocycles. The van der Waals surface area contributed by atoms with E-state index in [-0.39, 0.29) is 35.1 Å². The van der Waals surface area contributed by atoms with Crippen molar-refractivity contribution in [3.63, 3.8) is 0 Å². The number of hydrogen-bond acceptors (Lipinski definition) is 6. The van der Waals surface area contributed by atoms with Gasteiger partial charge in [0.1, 0.15) is 23.3 Å². The van der Waals surface area contributed by atoms with Crippen molar-refractivity contribution in [3.8, 4) is 11.5 Å². The first-order valence-corrected chi connectivity index (χ1v) is 11.1. The monoisotopic (exact) mass is 504 g/mol. The number of aryl methyl sites for hydroxylation is 1. The van der Waals surface area contributed by atoms with Gasteiger partial charge in [-0.25, -0.2) is 9.97 Å². The Morgan fingerprint density at radius 1 is 1.14 bits per heavy atom. The van der Waals surface area contributed by atoms with Crippen molar-refractivity contribution in [2.45, 2.75) is 31.2 Å². The Bertz CT molecular complexity index is 1410. The number of hydrogen-bond donors (Lipinski definition) is 3. The van der Waals surface area contributed by atoms with Crippen molar-refractivity contribution in [1.29, 1.82) is 0 Å². The van der Waals surface area contributed by atoms with E-state index in [1.807, 2.05) is 10.6 Å². The zero-order valence-corrected chi connectivity index (χ0v) is 18.9. The molecule has 1 aliphatic carbocycles. The molecule has 5 rings (SSSR count). The second kappa shape index (κ2) is 8.71. The van der Waals surface area contributed by atoms with Crippen LogP contribution < -0.4 is 10.1 Å². The number of ether oxygens (including phenoxy) is 1. The second-order valence-electron chi connectivity index (χ2n) is 8.24. The van der Waals surface area contributed by atoms with Crippen LogP contribution >= 0.6 is 11.6 Å². The standard InChI is InChI=1S/C24H20ClF3N4O3/c25-18-11-15(31-22-21-19(29-13-30-22)6-8-32(21)9-10-33)2-4-20(18)35-16-3-1-14-5-7-23(34,17(14)12-16)24(26,27)28/h1-4,6,8,11-13,33-34H,5,7,9-10H2,(H,29,30,31). The molecule has 35 heavy (non-hydrogen) atoms. The first-order valence-electron chi connectivity index (χ1n) is 10.8. The van der Waals surface area contributed by atoms with Gasteiger partial charge < -0.3 is 24.8 Å². The van der Waals surface area contributed by atoms with Crippen LogP contribution in [0.15, 0.2) is 55.0 Å². The molecule has 0 fully saturated rings. The molecule has 3 N–H and O–H groups in total. The molecule has 0 bridgehead atoms. The lowest BCUT2D eigenvalue weighted by Gasteiger charge is -2.27. The van der Waals surface area contributed by atoms with E-state index in [9.17, 15) is 23.4 Å². The first kappa shape index (κ1) is 23.4. The zero-order valence-electron chi connectivity index (χ0n) is 18.2. The van der Waals surface area contributed by atoms with Crippen molar-refractivity contribution in [2.75, 3.05) is 11.9 Å². The number of nitrogens with zero attached hydrogens (tertiary/aromatic N) is 3. The van der Waals surface area contributed by atoms with E-state index in [0.29, 0.717) is 34.6 Å². The number of aliphatic hydroxyl groups excluding tert-OH is 1. The molecule has 182 valence electrons. The minimum Gasteiger partial charge on any atom is -0.456 e. The Morgan fingerprint density at radius 3 is 2.71 bits per heavy atom. The number of aromatic nitrogens is 3. The lowest BCUT2D eigenvalue weighted by molar-refractivity contribution is -0.265. The molecule has 0 aliphatic heterocycles. The van der Waals surface area contributed by atoms with Gasteiger partial charge in [-0.2, -0.15) is 13.2 Å². The summed E-state index contributed by atoms with van der Waals surface area (Å²) in [7, 11) is 0. The summed E-state index contributed by atoms with van der Waals surface area (Å²) in [5.74, 6) is 0.890. The average Bonchev–Trinajstić information content (AvgIpc) is 3.38. The van der Waals surface area contributed by atoms with Crippen molar-refractivity contribution in [3.05, 3.63) is 71.1 Å². The number of benzene rings is 2. The molecule has 4 aromatic rings. The lowest BCUT2D eigenvalue weighted by Crippen LogP contribution is -2.40. The summed E-state index contributed by atoms with van der Waals surface area (Å²) < 4.78 is 48.0. The highest BCUT2D eigenvalue weighted by molar-refractivity contribution is 6.32. The van der Waals surface area contributed by atoms with Crippen molar-refractivity contribution in [1.82, 2.24) is 14.5 Å². The number of halogens is 4. The predicted molar refractivity (Wildman–Crippen MR) is 124 cm³/mol. The van der Waals surface area contributed by atoms with Crippen LogP contribution in [0.25, 0.3) is 11.0 Å². The van der Waals surface area contributed by atoms with Crippen molar-refractivity contribution < 1.29 is 28.1 Å². The Hall–Kier alpha value is -3.34. The largest absolute Gasteiger partial charge is 0.456 e. The van der Waals surface area contributed by atoms with E-state index >= 15 is 0 Å². The van der Waals surface area contributed by atoms with Gasteiger partial charge in [0.2, 0.25) is 0 Å². The first-order chi connectivity index (χ1) is 16.7. The Kier molecular flexibility index (Phi) is 5.82. The molecule has 1 atom stereocenters. The van der Waals surface area contributed by atoms with Gasteiger partial charge in [-0.1, -0.05) is 17.7 Å². The number of rotatable bonds is 6. The number of nitrogens with one attached hydrogen (secondary N) is 1. The molecule has 0 radical (unpaired) electrons. The van der Waals surface area contributed by atoms with Crippen LogP contribution in [-0.2, 0) is 18.6 Å². The highest BCUT2D eigenvalue weighted by atomic mass is 35.5. The van der Waals surface area contributed by atoms with Crippen LogP contribution in [0.5, 0.6) is 11.5 Å². The molecular weight excluding hydrogens is 485 g/mol. The average molecular weight is 505 g/mol. The Labute approximate surface area is 202 Å². The number of alkyl halides is 3. The van der Waals surface area contributed by atoms with Crippen molar-refractivity contribution in [2.24, 2.45) is 0 Å². The fourth-order valence-corrected chi connectivity index (χ4v) is 4.53. The van der Waals surface area contributed by atoms with Crippen LogP contribution in [0, 0.1) is 0 Å². The molecule has 11 heteroatoms. The smallest absolute Gasteiger partial charge is 0.421 e. The van der Waals surface area contributed by atoms with Crippen LogP contribution in [0.4, 0.5) is 24.7 Å². The Morgan fingerprint density at radius 2 is 1.97 bits per heavy atom. The third kappa shape index (κ3) is 4.18. The molecule has 1 unspecified atom stereocenters. The quantitative estimate of drug-likeness (QED) is 0.329. The molecular formula is C24H20ClF3N4O3. The van der Waals surface area contributed by atoms with Gasteiger partial charge >= 0.3 is 6.18 Å². The highest BCUT2D eigenvalue weighted by Crippen LogP contribution is 2.49. The van der Waals surface area contributed by atoms with Crippen molar-refractivity contribution >= 4 is 34.1 Å². The number of aliphatic hydroxyl groups is 2. The summed E-state index contributed by atoms with van der Waals surface area (Å²) in [6, 6.07) is 11.0. The summed E-state index contributed by atoms with van der Waals surface area (Å²) in [5, 5.41) is 23.0. The van der Waals surface area contributed by atoms with Gasteiger partial charge in [-0.3, -0.25) is 0 Å². The fourth-order valence-electron chi connectivity index (χ4n) is 4.31. The third-order valence-corrected chi connectivity index (χ3v) is 6.36. The fraction of sp³-hybridized carbons (Fsp3) is 0.250. The molecule has 0 saturated heterocycles. The topological polar surface area (TPSA) is 92.4 Å². The summed E-state index contributed by atoms with van der Waals surface area (Å²) >= 11 is 6.40. The van der Waals surface area contributed by atoms with Gasteiger partial charge in [0.25, 0.3) is 0 Å². The predicted octanol–water partition coefficient (Wildman–Crippen LogP) is 5.31. The molecule has 7 nitrogen and oxygen atoms in total. The zero-order chi connectivity index (χ0) is 24.8. The minimum absolute atomic E-state index is 0.0426. The summed E-state index contributed by atoms with van der Waals surface area (Å²) in [6.45, 7) is 0.336.